The first-order chi connectivity index (χ1) is 13.6. The molecule has 28 heavy (non-hydrogen) atoms. The third-order valence-electron chi connectivity index (χ3n) is 5.16. The van der Waals surface area contributed by atoms with Crippen LogP contribution in [0.4, 0.5) is 0 Å². The highest BCUT2D eigenvalue weighted by molar-refractivity contribution is 7.99. The molecule has 0 bridgehead atoms. The molecule has 0 aromatic carbocycles. The van der Waals surface area contributed by atoms with Crippen LogP contribution in [0.5, 0.6) is 0 Å². The molecule has 0 aliphatic carbocycles. The monoisotopic (exact) mass is 400 g/mol. The molecule has 0 unspecified atom stereocenters. The summed E-state index contributed by atoms with van der Waals surface area (Å²) in [6, 6.07) is 7.99. The lowest BCUT2D eigenvalue weighted by atomic mass is 9.98. The zero-order valence-electron chi connectivity index (χ0n) is 16.1. The molecular formula is C20H24N4O3S. The predicted octanol–water partition coefficient (Wildman–Crippen LogP) is 4.06. The molecule has 0 saturated carbocycles. The van der Waals surface area contributed by atoms with Gasteiger partial charge in [-0.3, -0.25) is 9.36 Å². The molecule has 1 saturated heterocycles. The molecule has 2 atom stereocenters. The highest BCUT2D eigenvalue weighted by Gasteiger charge is 2.29. The average Bonchev–Trinajstić information content (AvgIpc) is 3.43. The molecule has 7 nitrogen and oxygen atoms in total. The Labute approximate surface area is 168 Å². The van der Waals surface area contributed by atoms with Gasteiger partial charge in [-0.05, 0) is 57.4 Å². The van der Waals surface area contributed by atoms with Crippen molar-refractivity contribution < 1.29 is 13.6 Å². The van der Waals surface area contributed by atoms with E-state index >= 15 is 0 Å². The second-order valence-corrected chi connectivity index (χ2v) is 8.11. The minimum Gasteiger partial charge on any atom is -0.467 e. The largest absolute Gasteiger partial charge is 0.467 e. The lowest BCUT2D eigenvalue weighted by Crippen LogP contribution is -2.48. The van der Waals surface area contributed by atoms with E-state index in [2.05, 4.69) is 24.0 Å². The van der Waals surface area contributed by atoms with Crippen LogP contribution in [0.1, 0.15) is 38.9 Å². The normalized spacial score (nSPS) is 19.9. The Hall–Kier alpha value is -2.48. The number of rotatable bonds is 6. The summed E-state index contributed by atoms with van der Waals surface area (Å²) in [5.74, 6) is 2.53. The number of hydrogen-bond donors (Lipinski definition) is 0. The fourth-order valence-electron chi connectivity index (χ4n) is 3.80. The van der Waals surface area contributed by atoms with Gasteiger partial charge < -0.3 is 13.7 Å². The molecule has 0 spiro atoms. The van der Waals surface area contributed by atoms with E-state index in [1.165, 1.54) is 18.2 Å². The number of carbonyl (C=O) groups is 1. The summed E-state index contributed by atoms with van der Waals surface area (Å²) in [6.07, 6.45) is 6.57. The maximum atomic E-state index is 12.9. The van der Waals surface area contributed by atoms with Crippen LogP contribution in [0.25, 0.3) is 11.6 Å². The third-order valence-corrected chi connectivity index (χ3v) is 6.11. The van der Waals surface area contributed by atoms with Crippen LogP contribution in [-0.2, 0) is 11.3 Å². The standard InChI is InChI=1S/C20H24N4O3S/c1-14-6-3-7-15(2)24(14)18(25)13-28-20-22-21-19(17-9-5-11-27-17)23(20)12-16-8-4-10-26-16/h4-5,8-11,14-15H,3,6-7,12-13H2,1-2H3/t14-,15-/m0/s1. The molecule has 1 aliphatic rings. The molecule has 1 fully saturated rings. The van der Waals surface area contributed by atoms with Crippen LogP contribution in [0, 0.1) is 0 Å². The minimum absolute atomic E-state index is 0.150. The van der Waals surface area contributed by atoms with Gasteiger partial charge >= 0.3 is 0 Å². The quantitative estimate of drug-likeness (QED) is 0.581. The van der Waals surface area contributed by atoms with Gasteiger partial charge in [0.2, 0.25) is 11.7 Å². The Balaban J connectivity index is 1.53. The van der Waals surface area contributed by atoms with Crippen LogP contribution >= 0.6 is 11.8 Å². The summed E-state index contributed by atoms with van der Waals surface area (Å²) in [7, 11) is 0. The van der Waals surface area contributed by atoms with Gasteiger partial charge in [0.25, 0.3) is 0 Å². The maximum absolute atomic E-state index is 12.9. The van der Waals surface area contributed by atoms with Crippen molar-refractivity contribution in [3.05, 3.63) is 42.6 Å². The minimum atomic E-state index is 0.150. The van der Waals surface area contributed by atoms with Gasteiger partial charge in [-0.2, -0.15) is 0 Å². The van der Waals surface area contributed by atoms with Gasteiger partial charge in [0.05, 0.1) is 24.8 Å². The SMILES string of the molecule is C[C@H]1CCC[C@H](C)N1C(=O)CSc1nnc(-c2ccco2)n1Cc1ccco1. The zero-order valence-corrected chi connectivity index (χ0v) is 16.9. The van der Waals surface area contributed by atoms with E-state index in [1.807, 2.05) is 33.7 Å². The Bertz CT molecular complexity index is 894. The molecule has 3 aromatic rings. The molecule has 8 heteroatoms. The Morgan fingerprint density at radius 1 is 1.14 bits per heavy atom. The molecule has 1 amide bonds. The molecule has 0 N–H and O–H groups in total. The molecular weight excluding hydrogens is 376 g/mol. The van der Waals surface area contributed by atoms with E-state index in [9.17, 15) is 4.79 Å². The Morgan fingerprint density at radius 2 is 1.89 bits per heavy atom. The number of carbonyl (C=O) groups excluding carboxylic acids is 1. The molecule has 4 rings (SSSR count). The van der Waals surface area contributed by atoms with Crippen molar-refractivity contribution in [3.8, 4) is 11.6 Å². The van der Waals surface area contributed by atoms with Crippen molar-refractivity contribution in [2.24, 2.45) is 0 Å². The van der Waals surface area contributed by atoms with Crippen LogP contribution in [-0.4, -0.2) is 43.4 Å². The number of aromatic nitrogens is 3. The van der Waals surface area contributed by atoms with Gasteiger partial charge in [-0.15, -0.1) is 10.2 Å². The first-order valence-corrected chi connectivity index (χ1v) is 10.6. The van der Waals surface area contributed by atoms with Crippen molar-refractivity contribution in [3.63, 3.8) is 0 Å². The summed E-state index contributed by atoms with van der Waals surface area (Å²) in [5, 5.41) is 9.28. The van der Waals surface area contributed by atoms with Gasteiger partial charge in [-0.1, -0.05) is 11.8 Å². The van der Waals surface area contributed by atoms with Crippen LogP contribution in [0.2, 0.25) is 0 Å². The number of nitrogens with zero attached hydrogens (tertiary/aromatic N) is 4. The first kappa shape index (κ1) is 18.9. The van der Waals surface area contributed by atoms with Crippen molar-refractivity contribution in [2.45, 2.75) is 56.9 Å². The fourth-order valence-corrected chi connectivity index (χ4v) is 4.61. The maximum Gasteiger partial charge on any atom is 0.233 e. The molecule has 1 aliphatic heterocycles. The zero-order chi connectivity index (χ0) is 19.5. The molecule has 0 radical (unpaired) electrons. The fraction of sp³-hybridized carbons (Fsp3) is 0.450. The Kier molecular flexibility index (Phi) is 5.57. The first-order valence-electron chi connectivity index (χ1n) is 9.57. The van der Waals surface area contributed by atoms with E-state index in [0.29, 0.717) is 29.0 Å². The molecule has 148 valence electrons. The summed E-state index contributed by atoms with van der Waals surface area (Å²) >= 11 is 1.41. The van der Waals surface area contributed by atoms with Crippen LogP contribution < -0.4 is 0 Å². The van der Waals surface area contributed by atoms with Gasteiger partial charge in [0.15, 0.2) is 10.9 Å². The smallest absolute Gasteiger partial charge is 0.233 e. The van der Waals surface area contributed by atoms with E-state index < -0.39 is 0 Å². The van der Waals surface area contributed by atoms with Crippen molar-refractivity contribution in [2.75, 3.05) is 5.75 Å². The van der Waals surface area contributed by atoms with Crippen molar-refractivity contribution >= 4 is 17.7 Å². The number of hydrogen-bond acceptors (Lipinski definition) is 6. The van der Waals surface area contributed by atoms with Crippen molar-refractivity contribution in [1.82, 2.24) is 19.7 Å². The number of thioether (sulfide) groups is 1. The summed E-state index contributed by atoms with van der Waals surface area (Å²) < 4.78 is 12.9. The number of furan rings is 2. The lowest BCUT2D eigenvalue weighted by Gasteiger charge is -2.39. The Morgan fingerprint density at radius 3 is 2.57 bits per heavy atom. The van der Waals surface area contributed by atoms with E-state index in [1.54, 1.807) is 12.5 Å². The summed E-state index contributed by atoms with van der Waals surface area (Å²) in [5.41, 5.74) is 0. The lowest BCUT2D eigenvalue weighted by molar-refractivity contribution is -0.134. The van der Waals surface area contributed by atoms with E-state index in [4.69, 9.17) is 8.83 Å². The summed E-state index contributed by atoms with van der Waals surface area (Å²) in [4.78, 5) is 14.9. The van der Waals surface area contributed by atoms with Gasteiger partial charge in [0.1, 0.15) is 5.76 Å². The number of piperidine rings is 1. The third kappa shape index (κ3) is 3.87. The van der Waals surface area contributed by atoms with Gasteiger partial charge in [-0.25, -0.2) is 0 Å². The topological polar surface area (TPSA) is 77.3 Å². The van der Waals surface area contributed by atoms with E-state index in [0.717, 1.165) is 18.6 Å². The molecule has 4 heterocycles. The second kappa shape index (κ2) is 8.26. The van der Waals surface area contributed by atoms with E-state index in [-0.39, 0.29) is 18.0 Å². The second-order valence-electron chi connectivity index (χ2n) is 7.17. The predicted molar refractivity (Wildman–Crippen MR) is 106 cm³/mol. The van der Waals surface area contributed by atoms with Crippen LogP contribution in [0.15, 0.2) is 50.8 Å². The highest BCUT2D eigenvalue weighted by Crippen LogP contribution is 2.28. The van der Waals surface area contributed by atoms with Crippen LogP contribution in [0.3, 0.4) is 0 Å². The van der Waals surface area contributed by atoms with Gasteiger partial charge in [0, 0.05) is 12.1 Å². The number of amides is 1. The van der Waals surface area contributed by atoms with Crippen molar-refractivity contribution in [1.29, 1.82) is 0 Å². The summed E-state index contributed by atoms with van der Waals surface area (Å²) in [6.45, 7) is 4.74. The molecule has 3 aromatic heterocycles. The number of likely N-dealkylation sites (tertiary alicyclic amines) is 1. The highest BCUT2D eigenvalue weighted by atomic mass is 32.2. The average molecular weight is 401 g/mol.